The zero-order chi connectivity index (χ0) is 14.4. The van der Waals surface area contributed by atoms with E-state index in [1.165, 1.54) is 19.3 Å². The molecule has 0 aliphatic heterocycles. The Labute approximate surface area is 121 Å². The van der Waals surface area contributed by atoms with Gasteiger partial charge in [0.1, 0.15) is 5.75 Å². The van der Waals surface area contributed by atoms with Crippen molar-refractivity contribution in [2.45, 2.75) is 44.6 Å². The molecule has 0 atom stereocenters. The third-order valence-electron chi connectivity index (χ3n) is 3.90. The van der Waals surface area contributed by atoms with Crippen LogP contribution in [0.2, 0.25) is 0 Å². The number of benzene rings is 1. The summed E-state index contributed by atoms with van der Waals surface area (Å²) in [6, 6.07) is 7.67. The fourth-order valence-electron chi connectivity index (χ4n) is 2.71. The summed E-state index contributed by atoms with van der Waals surface area (Å²) in [7, 11) is 1.64. The van der Waals surface area contributed by atoms with Gasteiger partial charge < -0.3 is 10.1 Å². The van der Waals surface area contributed by atoms with E-state index in [4.69, 9.17) is 4.74 Å². The molecule has 0 unspecified atom stereocenters. The van der Waals surface area contributed by atoms with Crippen molar-refractivity contribution in [2.24, 2.45) is 0 Å². The maximum absolute atomic E-state index is 12.0. The highest BCUT2D eigenvalue weighted by Crippen LogP contribution is 2.27. The summed E-state index contributed by atoms with van der Waals surface area (Å²) >= 11 is 0. The van der Waals surface area contributed by atoms with Crippen molar-refractivity contribution in [3.05, 3.63) is 35.9 Å². The van der Waals surface area contributed by atoms with Crippen LogP contribution >= 0.6 is 0 Å². The number of methoxy groups -OCH3 is 1. The predicted molar refractivity (Wildman–Crippen MR) is 81.7 cm³/mol. The summed E-state index contributed by atoms with van der Waals surface area (Å²) < 4.78 is 5.16. The molecule has 0 spiro atoms. The van der Waals surface area contributed by atoms with Crippen molar-refractivity contribution in [1.82, 2.24) is 5.32 Å². The standard InChI is InChI=1S/C17H23NO2/c1-17(11-4-3-5-12-17)18-16(19)10-9-14-7-6-8-15(13-14)20-2/h6-10,13H,3-5,11-12H2,1-2H3,(H,18,19)/b10-9+. The zero-order valence-electron chi connectivity index (χ0n) is 12.3. The first-order valence-electron chi connectivity index (χ1n) is 7.26. The van der Waals surface area contributed by atoms with Gasteiger partial charge in [0.15, 0.2) is 0 Å². The largest absolute Gasteiger partial charge is 0.497 e. The molecule has 1 aromatic rings. The van der Waals surface area contributed by atoms with E-state index >= 15 is 0 Å². The number of amides is 1. The smallest absolute Gasteiger partial charge is 0.244 e. The van der Waals surface area contributed by atoms with E-state index in [1.807, 2.05) is 30.3 Å². The lowest BCUT2D eigenvalue weighted by molar-refractivity contribution is -0.118. The molecule has 108 valence electrons. The van der Waals surface area contributed by atoms with Crippen LogP contribution in [0.25, 0.3) is 6.08 Å². The quantitative estimate of drug-likeness (QED) is 0.852. The van der Waals surface area contributed by atoms with Crippen LogP contribution in [0.4, 0.5) is 0 Å². The van der Waals surface area contributed by atoms with E-state index < -0.39 is 0 Å². The Balaban J connectivity index is 1.94. The van der Waals surface area contributed by atoms with Crippen LogP contribution in [0, 0.1) is 0 Å². The van der Waals surface area contributed by atoms with Crippen molar-refractivity contribution in [3.63, 3.8) is 0 Å². The van der Waals surface area contributed by atoms with E-state index in [1.54, 1.807) is 13.2 Å². The van der Waals surface area contributed by atoms with Crippen LogP contribution in [-0.2, 0) is 4.79 Å². The molecule has 1 aliphatic rings. The second kappa shape index (κ2) is 6.60. The molecule has 0 heterocycles. The van der Waals surface area contributed by atoms with Gasteiger partial charge in [-0.3, -0.25) is 4.79 Å². The molecule has 3 nitrogen and oxygen atoms in total. The average molecular weight is 273 g/mol. The maximum Gasteiger partial charge on any atom is 0.244 e. The lowest BCUT2D eigenvalue weighted by Crippen LogP contribution is -2.46. The number of hydrogen-bond donors (Lipinski definition) is 1. The predicted octanol–water partition coefficient (Wildman–Crippen LogP) is 3.55. The fraction of sp³-hybridized carbons (Fsp3) is 0.471. The van der Waals surface area contributed by atoms with Crippen LogP contribution in [0.5, 0.6) is 5.75 Å². The molecule has 0 saturated heterocycles. The van der Waals surface area contributed by atoms with Gasteiger partial charge in [-0.05, 0) is 43.5 Å². The average Bonchev–Trinajstić information content (AvgIpc) is 2.45. The normalized spacial score (nSPS) is 17.9. The first-order chi connectivity index (χ1) is 9.61. The van der Waals surface area contributed by atoms with Gasteiger partial charge in [0.2, 0.25) is 5.91 Å². The van der Waals surface area contributed by atoms with Gasteiger partial charge in [0, 0.05) is 11.6 Å². The summed E-state index contributed by atoms with van der Waals surface area (Å²) in [6.45, 7) is 2.14. The molecule has 1 amide bonds. The van der Waals surface area contributed by atoms with Crippen LogP contribution in [0.1, 0.15) is 44.6 Å². The fourth-order valence-corrected chi connectivity index (χ4v) is 2.71. The Hall–Kier alpha value is -1.77. The summed E-state index contributed by atoms with van der Waals surface area (Å²) in [6.07, 6.45) is 9.27. The van der Waals surface area contributed by atoms with E-state index in [9.17, 15) is 4.79 Å². The van der Waals surface area contributed by atoms with Gasteiger partial charge in [-0.1, -0.05) is 31.4 Å². The van der Waals surface area contributed by atoms with Crippen LogP contribution < -0.4 is 10.1 Å². The molecular weight excluding hydrogens is 250 g/mol. The minimum absolute atomic E-state index is 0.0165. The summed E-state index contributed by atoms with van der Waals surface area (Å²) in [5, 5.41) is 3.14. The minimum Gasteiger partial charge on any atom is -0.497 e. The van der Waals surface area contributed by atoms with E-state index in [2.05, 4.69) is 12.2 Å². The molecule has 1 N–H and O–H groups in total. The van der Waals surface area contributed by atoms with Gasteiger partial charge in [0.05, 0.1) is 7.11 Å². The second-order valence-electron chi connectivity index (χ2n) is 5.72. The van der Waals surface area contributed by atoms with Crippen molar-refractivity contribution in [2.75, 3.05) is 7.11 Å². The third-order valence-corrected chi connectivity index (χ3v) is 3.90. The molecule has 1 saturated carbocycles. The second-order valence-corrected chi connectivity index (χ2v) is 5.72. The summed E-state index contributed by atoms with van der Waals surface area (Å²) in [5.74, 6) is 0.782. The molecule has 1 aromatic carbocycles. The SMILES string of the molecule is COc1cccc(/C=C/C(=O)NC2(C)CCCCC2)c1. The highest BCUT2D eigenvalue weighted by Gasteiger charge is 2.27. The lowest BCUT2D eigenvalue weighted by Gasteiger charge is -2.34. The Morgan fingerprint density at radius 2 is 2.05 bits per heavy atom. The number of carbonyl (C=O) groups excluding carboxylic acids is 1. The van der Waals surface area contributed by atoms with Crippen LogP contribution in [0.3, 0.4) is 0 Å². The van der Waals surface area contributed by atoms with Gasteiger partial charge in [-0.2, -0.15) is 0 Å². The van der Waals surface area contributed by atoms with Crippen LogP contribution in [0.15, 0.2) is 30.3 Å². The van der Waals surface area contributed by atoms with Crippen molar-refractivity contribution in [1.29, 1.82) is 0 Å². The van der Waals surface area contributed by atoms with Crippen molar-refractivity contribution >= 4 is 12.0 Å². The number of rotatable bonds is 4. The zero-order valence-corrected chi connectivity index (χ0v) is 12.3. The maximum atomic E-state index is 12.0. The van der Waals surface area contributed by atoms with Gasteiger partial charge in [-0.15, -0.1) is 0 Å². The van der Waals surface area contributed by atoms with Crippen molar-refractivity contribution < 1.29 is 9.53 Å². The molecule has 0 radical (unpaired) electrons. The van der Waals surface area contributed by atoms with Crippen molar-refractivity contribution in [3.8, 4) is 5.75 Å². The molecule has 1 aliphatic carbocycles. The van der Waals surface area contributed by atoms with E-state index in [0.717, 1.165) is 24.2 Å². The number of carbonyl (C=O) groups is 1. The van der Waals surface area contributed by atoms with E-state index in [0.29, 0.717) is 0 Å². The Morgan fingerprint density at radius 1 is 1.30 bits per heavy atom. The monoisotopic (exact) mass is 273 g/mol. The Bertz CT molecular complexity index is 488. The number of nitrogens with one attached hydrogen (secondary N) is 1. The van der Waals surface area contributed by atoms with Crippen LogP contribution in [-0.4, -0.2) is 18.6 Å². The van der Waals surface area contributed by atoms with Gasteiger partial charge in [0.25, 0.3) is 0 Å². The highest BCUT2D eigenvalue weighted by molar-refractivity contribution is 5.92. The molecule has 1 fully saturated rings. The Kier molecular flexibility index (Phi) is 4.83. The lowest BCUT2D eigenvalue weighted by atomic mass is 9.83. The number of ether oxygens (including phenoxy) is 1. The van der Waals surface area contributed by atoms with E-state index in [-0.39, 0.29) is 11.4 Å². The van der Waals surface area contributed by atoms with Gasteiger partial charge >= 0.3 is 0 Å². The third kappa shape index (κ3) is 4.12. The molecule has 0 aromatic heterocycles. The molecule has 0 bridgehead atoms. The van der Waals surface area contributed by atoms with Gasteiger partial charge in [-0.25, -0.2) is 0 Å². The summed E-state index contributed by atoms with van der Waals surface area (Å²) in [5.41, 5.74) is 0.932. The topological polar surface area (TPSA) is 38.3 Å². The first-order valence-corrected chi connectivity index (χ1v) is 7.26. The molecule has 2 rings (SSSR count). The minimum atomic E-state index is -0.0337. The molecule has 20 heavy (non-hydrogen) atoms. The Morgan fingerprint density at radius 3 is 2.75 bits per heavy atom. The highest BCUT2D eigenvalue weighted by atomic mass is 16.5. The summed E-state index contributed by atoms with van der Waals surface area (Å²) in [4.78, 5) is 12.0. The molecule has 3 heteroatoms. The number of hydrogen-bond acceptors (Lipinski definition) is 2. The molecular formula is C17H23NO2. The first kappa shape index (κ1) is 14.6.